The van der Waals surface area contributed by atoms with Gasteiger partial charge >= 0.3 is 0 Å². The summed E-state index contributed by atoms with van der Waals surface area (Å²) in [5, 5.41) is 3.34. The Kier molecular flexibility index (Phi) is 4.72. The fraction of sp³-hybridized carbons (Fsp3) is 0.400. The van der Waals surface area contributed by atoms with E-state index in [9.17, 15) is 0 Å². The third kappa shape index (κ3) is 3.54. The Bertz CT molecular complexity index is 574. The molecule has 2 aromatic carbocycles. The van der Waals surface area contributed by atoms with Crippen molar-refractivity contribution in [1.82, 2.24) is 5.32 Å². The van der Waals surface area contributed by atoms with Gasteiger partial charge in [-0.2, -0.15) is 0 Å². The molecule has 2 aromatic rings. The lowest BCUT2D eigenvalue weighted by Gasteiger charge is -2.17. The highest BCUT2D eigenvalue weighted by molar-refractivity contribution is 5.35. The van der Waals surface area contributed by atoms with Crippen molar-refractivity contribution in [2.45, 2.75) is 38.0 Å². The fourth-order valence-corrected chi connectivity index (χ4v) is 3.48. The molecule has 1 atom stereocenters. The van der Waals surface area contributed by atoms with Gasteiger partial charge in [-0.3, -0.25) is 0 Å². The molecule has 0 aromatic heterocycles. The van der Waals surface area contributed by atoms with Crippen LogP contribution >= 0.6 is 0 Å². The first-order valence-electron chi connectivity index (χ1n) is 8.17. The molecule has 0 saturated heterocycles. The molecule has 1 aliphatic carbocycles. The van der Waals surface area contributed by atoms with Crippen molar-refractivity contribution >= 4 is 0 Å². The lowest BCUT2D eigenvalue weighted by atomic mass is 9.91. The second-order valence-corrected chi connectivity index (χ2v) is 6.16. The number of aryl methyl sites for hydroxylation is 3. The van der Waals surface area contributed by atoms with Crippen molar-refractivity contribution in [3.63, 3.8) is 0 Å². The van der Waals surface area contributed by atoms with Crippen molar-refractivity contribution in [1.29, 1.82) is 0 Å². The maximum Gasteiger partial charge on any atom is 0.00172 e. The highest BCUT2D eigenvalue weighted by Crippen LogP contribution is 2.25. The normalized spacial score (nSPS) is 14.9. The Morgan fingerprint density at radius 3 is 2.62 bits per heavy atom. The molecule has 0 radical (unpaired) electrons. The summed E-state index contributed by atoms with van der Waals surface area (Å²) in [7, 11) is 2.05. The van der Waals surface area contributed by atoms with E-state index in [0.29, 0.717) is 5.92 Å². The van der Waals surface area contributed by atoms with Crippen molar-refractivity contribution in [3.05, 3.63) is 70.8 Å². The van der Waals surface area contributed by atoms with Crippen molar-refractivity contribution in [3.8, 4) is 0 Å². The number of hydrogen-bond donors (Lipinski definition) is 1. The average molecular weight is 279 g/mol. The van der Waals surface area contributed by atoms with E-state index in [-0.39, 0.29) is 0 Å². The number of nitrogens with one attached hydrogen (secondary N) is 1. The highest BCUT2D eigenvalue weighted by Gasteiger charge is 2.13. The molecule has 0 bridgehead atoms. The summed E-state index contributed by atoms with van der Waals surface area (Å²) in [6, 6.07) is 18.0. The summed E-state index contributed by atoms with van der Waals surface area (Å²) < 4.78 is 0. The number of fused-ring (bicyclic) bond motifs is 1. The topological polar surface area (TPSA) is 12.0 Å². The number of rotatable bonds is 6. The molecule has 1 aliphatic rings. The number of hydrogen-bond acceptors (Lipinski definition) is 1. The molecular formula is C20H25N. The first-order chi connectivity index (χ1) is 10.4. The SMILES string of the molecule is CNCC(CCc1ccc2c(c1)CCC2)c1ccccc1. The van der Waals surface area contributed by atoms with Gasteiger partial charge in [0.25, 0.3) is 0 Å². The molecule has 0 aliphatic heterocycles. The Morgan fingerprint density at radius 2 is 1.81 bits per heavy atom. The van der Waals surface area contributed by atoms with Gasteiger partial charge in [0.1, 0.15) is 0 Å². The quantitative estimate of drug-likeness (QED) is 0.839. The van der Waals surface area contributed by atoms with Crippen LogP contribution in [0.25, 0.3) is 0 Å². The van der Waals surface area contributed by atoms with Crippen molar-refractivity contribution in [2.24, 2.45) is 0 Å². The molecule has 21 heavy (non-hydrogen) atoms. The minimum absolute atomic E-state index is 0.601. The molecule has 3 rings (SSSR count). The van der Waals surface area contributed by atoms with Gasteiger partial charge < -0.3 is 5.32 Å². The van der Waals surface area contributed by atoms with Gasteiger partial charge in [0, 0.05) is 6.54 Å². The van der Waals surface area contributed by atoms with Gasteiger partial charge in [0.2, 0.25) is 0 Å². The lowest BCUT2D eigenvalue weighted by molar-refractivity contribution is 0.584. The van der Waals surface area contributed by atoms with Gasteiger partial charge in [-0.1, -0.05) is 48.5 Å². The standard InChI is InChI=1S/C20H25N/c1-21-15-20(17-6-3-2-4-7-17)13-11-16-10-12-18-8-5-9-19(18)14-16/h2-4,6-7,10,12,14,20-21H,5,8-9,11,13,15H2,1H3. The predicted octanol–water partition coefficient (Wildman–Crippen LogP) is 4.11. The van der Waals surface area contributed by atoms with Gasteiger partial charge in [0.05, 0.1) is 0 Å². The summed E-state index contributed by atoms with van der Waals surface area (Å²) in [6.45, 7) is 1.05. The zero-order chi connectivity index (χ0) is 14.5. The third-order valence-corrected chi connectivity index (χ3v) is 4.67. The molecule has 0 saturated carbocycles. The van der Waals surface area contributed by atoms with E-state index in [1.165, 1.54) is 43.2 Å². The largest absolute Gasteiger partial charge is 0.319 e. The summed E-state index contributed by atoms with van der Waals surface area (Å²) in [4.78, 5) is 0. The number of likely N-dealkylation sites (N-methyl/N-ethyl adjacent to an activating group) is 1. The van der Waals surface area contributed by atoms with Crippen LogP contribution < -0.4 is 5.32 Å². The van der Waals surface area contributed by atoms with Crippen LogP contribution in [-0.2, 0) is 19.3 Å². The van der Waals surface area contributed by atoms with Crippen LogP contribution in [0.5, 0.6) is 0 Å². The van der Waals surface area contributed by atoms with E-state index >= 15 is 0 Å². The van der Waals surface area contributed by atoms with Crippen LogP contribution in [0.15, 0.2) is 48.5 Å². The average Bonchev–Trinajstić information content (AvgIpc) is 3.00. The molecule has 1 unspecified atom stereocenters. The van der Waals surface area contributed by atoms with E-state index in [1.807, 2.05) is 7.05 Å². The summed E-state index contributed by atoms with van der Waals surface area (Å²) in [5.41, 5.74) is 6.13. The van der Waals surface area contributed by atoms with Gasteiger partial charge in [0.15, 0.2) is 0 Å². The van der Waals surface area contributed by atoms with Crippen LogP contribution in [0.4, 0.5) is 0 Å². The Morgan fingerprint density at radius 1 is 1.00 bits per heavy atom. The molecule has 0 fully saturated rings. The summed E-state index contributed by atoms with van der Waals surface area (Å²) in [6.07, 6.45) is 6.28. The minimum atomic E-state index is 0.601. The van der Waals surface area contributed by atoms with Crippen LogP contribution in [0, 0.1) is 0 Å². The molecule has 1 nitrogen and oxygen atoms in total. The molecule has 0 amide bonds. The zero-order valence-corrected chi connectivity index (χ0v) is 12.9. The monoisotopic (exact) mass is 279 g/mol. The van der Waals surface area contributed by atoms with Crippen molar-refractivity contribution in [2.75, 3.05) is 13.6 Å². The maximum absolute atomic E-state index is 3.34. The van der Waals surface area contributed by atoms with E-state index in [4.69, 9.17) is 0 Å². The van der Waals surface area contributed by atoms with E-state index in [2.05, 4.69) is 53.8 Å². The van der Waals surface area contributed by atoms with Gasteiger partial charge in [-0.25, -0.2) is 0 Å². The second kappa shape index (κ2) is 6.91. The maximum atomic E-state index is 3.34. The summed E-state index contributed by atoms with van der Waals surface area (Å²) >= 11 is 0. The molecule has 1 N–H and O–H groups in total. The molecule has 0 spiro atoms. The molecular weight excluding hydrogens is 254 g/mol. The molecule has 110 valence electrons. The minimum Gasteiger partial charge on any atom is -0.319 e. The van der Waals surface area contributed by atoms with E-state index in [0.717, 1.165) is 6.54 Å². The molecule has 1 heteroatoms. The highest BCUT2D eigenvalue weighted by atomic mass is 14.8. The predicted molar refractivity (Wildman–Crippen MR) is 89.9 cm³/mol. The first kappa shape index (κ1) is 14.3. The van der Waals surface area contributed by atoms with Crippen LogP contribution in [0.1, 0.15) is 41.0 Å². The fourth-order valence-electron chi connectivity index (χ4n) is 3.48. The van der Waals surface area contributed by atoms with Crippen LogP contribution in [-0.4, -0.2) is 13.6 Å². The second-order valence-electron chi connectivity index (χ2n) is 6.16. The Hall–Kier alpha value is -1.60. The third-order valence-electron chi connectivity index (χ3n) is 4.67. The van der Waals surface area contributed by atoms with Crippen LogP contribution in [0.2, 0.25) is 0 Å². The molecule has 0 heterocycles. The zero-order valence-electron chi connectivity index (χ0n) is 12.9. The van der Waals surface area contributed by atoms with E-state index in [1.54, 1.807) is 11.1 Å². The van der Waals surface area contributed by atoms with Crippen LogP contribution in [0.3, 0.4) is 0 Å². The smallest absolute Gasteiger partial charge is 0.00172 e. The van der Waals surface area contributed by atoms with Gasteiger partial charge in [-0.15, -0.1) is 0 Å². The lowest BCUT2D eigenvalue weighted by Crippen LogP contribution is -2.17. The first-order valence-corrected chi connectivity index (χ1v) is 8.17. The summed E-state index contributed by atoms with van der Waals surface area (Å²) in [5.74, 6) is 0.601. The van der Waals surface area contributed by atoms with Gasteiger partial charge in [-0.05, 0) is 67.3 Å². The Balaban J connectivity index is 1.67. The Labute approximate surface area is 128 Å². The van der Waals surface area contributed by atoms with Crippen molar-refractivity contribution < 1.29 is 0 Å². The number of benzene rings is 2. The van der Waals surface area contributed by atoms with E-state index < -0.39 is 0 Å².